The predicted octanol–water partition coefficient (Wildman–Crippen LogP) is 7.65. The van der Waals surface area contributed by atoms with Gasteiger partial charge in [-0.25, -0.2) is 14.4 Å². The smallest absolute Gasteiger partial charge is 0.230 e. The molecule has 0 radical (unpaired) electrons. The summed E-state index contributed by atoms with van der Waals surface area (Å²) in [6, 6.07) is 18.7. The Hall–Kier alpha value is -3.45. The molecule has 1 aliphatic heterocycles. The first-order valence-corrected chi connectivity index (χ1v) is 13.1. The third-order valence-corrected chi connectivity index (χ3v) is 6.92. The maximum absolute atomic E-state index is 13.6. The molecule has 7 heteroatoms. The van der Waals surface area contributed by atoms with Crippen molar-refractivity contribution in [3.63, 3.8) is 0 Å². The highest BCUT2D eigenvalue weighted by atomic mass is 32.2. The lowest BCUT2D eigenvalue weighted by Gasteiger charge is -2.07. The minimum absolute atomic E-state index is 0.270. The van der Waals surface area contributed by atoms with Crippen LogP contribution < -0.4 is 0 Å². The minimum atomic E-state index is -0.270. The molecule has 0 spiro atoms. The van der Waals surface area contributed by atoms with E-state index >= 15 is 0 Å². The number of furan rings is 1. The Morgan fingerprint density at radius 1 is 1.00 bits per heavy atom. The fraction of sp³-hybridized carbons (Fsp3) is 0.250. The molecule has 1 saturated heterocycles. The van der Waals surface area contributed by atoms with Gasteiger partial charge < -0.3 is 4.42 Å². The standard InChI is InChI=1S/C25H19FN4OS.C3H8/c26-18-8-6-17(7-9-18)23-21(13-30(29-23)19-10-11-32-14-19)24-20-12-22(16-4-2-1-3-5-16)31-25(20)28-15-27-24;1-3-2/h1-9,12-13,15,19H,10-11,14H2;3H2,1-2H3. The fourth-order valence-corrected chi connectivity index (χ4v) is 5.32. The van der Waals surface area contributed by atoms with Crippen molar-refractivity contribution in [3.05, 3.63) is 79.0 Å². The molecule has 2 aromatic carbocycles. The van der Waals surface area contributed by atoms with E-state index in [-0.39, 0.29) is 5.82 Å². The minimum Gasteiger partial charge on any atom is -0.438 e. The normalized spacial score (nSPS) is 15.2. The molecule has 178 valence electrons. The second-order valence-corrected chi connectivity index (χ2v) is 9.67. The van der Waals surface area contributed by atoms with Crippen LogP contribution in [0.1, 0.15) is 32.7 Å². The third kappa shape index (κ3) is 4.86. The van der Waals surface area contributed by atoms with Crippen LogP contribution in [-0.4, -0.2) is 31.3 Å². The van der Waals surface area contributed by atoms with Crippen molar-refractivity contribution in [1.82, 2.24) is 19.7 Å². The van der Waals surface area contributed by atoms with Crippen molar-refractivity contribution < 1.29 is 8.81 Å². The summed E-state index contributed by atoms with van der Waals surface area (Å²) in [7, 11) is 0. The first-order chi connectivity index (χ1) is 17.2. The van der Waals surface area contributed by atoms with Gasteiger partial charge in [-0.15, -0.1) is 0 Å². The first kappa shape index (κ1) is 23.3. The summed E-state index contributed by atoms with van der Waals surface area (Å²) in [4.78, 5) is 8.98. The summed E-state index contributed by atoms with van der Waals surface area (Å²) in [6.45, 7) is 4.25. The highest BCUT2D eigenvalue weighted by molar-refractivity contribution is 7.99. The molecule has 1 atom stereocenters. The molecule has 3 aromatic heterocycles. The molecular formula is C28H27FN4OS. The predicted molar refractivity (Wildman–Crippen MR) is 141 cm³/mol. The zero-order valence-electron chi connectivity index (χ0n) is 19.8. The van der Waals surface area contributed by atoms with E-state index in [4.69, 9.17) is 9.52 Å². The average molecular weight is 487 g/mol. The molecule has 4 heterocycles. The maximum atomic E-state index is 13.6. The van der Waals surface area contributed by atoms with Gasteiger partial charge in [-0.1, -0.05) is 50.6 Å². The number of hydrogen-bond donors (Lipinski definition) is 0. The lowest BCUT2D eigenvalue weighted by molar-refractivity contribution is 0.503. The van der Waals surface area contributed by atoms with Crippen molar-refractivity contribution >= 4 is 22.9 Å². The Labute approximate surface area is 208 Å². The van der Waals surface area contributed by atoms with Crippen molar-refractivity contribution in [3.8, 4) is 33.8 Å². The summed E-state index contributed by atoms with van der Waals surface area (Å²) in [5, 5.41) is 5.76. The number of rotatable bonds is 4. The van der Waals surface area contributed by atoms with E-state index in [2.05, 4.69) is 30.0 Å². The van der Waals surface area contributed by atoms with Crippen LogP contribution in [0.3, 0.4) is 0 Å². The largest absolute Gasteiger partial charge is 0.438 e. The molecule has 0 amide bonds. The van der Waals surface area contributed by atoms with Crippen molar-refractivity contribution in [1.29, 1.82) is 0 Å². The fourth-order valence-electron chi connectivity index (χ4n) is 4.12. The highest BCUT2D eigenvalue weighted by Gasteiger charge is 2.24. The molecule has 5 nitrogen and oxygen atoms in total. The van der Waals surface area contributed by atoms with Crippen LogP contribution in [0.15, 0.2) is 77.6 Å². The SMILES string of the molecule is CCC.Fc1ccc(-c2nn(C3CCSC3)cc2-c2ncnc3oc(-c4ccccc4)cc23)cc1. The number of thioether (sulfide) groups is 1. The van der Waals surface area contributed by atoms with Crippen LogP contribution in [0.5, 0.6) is 0 Å². The zero-order valence-corrected chi connectivity index (χ0v) is 20.6. The third-order valence-electron chi connectivity index (χ3n) is 5.77. The monoisotopic (exact) mass is 486 g/mol. The lowest BCUT2D eigenvalue weighted by Crippen LogP contribution is -2.08. The summed E-state index contributed by atoms with van der Waals surface area (Å²) in [6.07, 6.45) is 5.91. The van der Waals surface area contributed by atoms with Gasteiger partial charge in [0.05, 0.1) is 17.1 Å². The Morgan fingerprint density at radius 3 is 2.49 bits per heavy atom. The number of nitrogens with zero attached hydrogens (tertiary/aromatic N) is 4. The van der Waals surface area contributed by atoms with Gasteiger partial charge in [-0.2, -0.15) is 16.9 Å². The zero-order chi connectivity index (χ0) is 24.2. The molecule has 0 aliphatic carbocycles. The topological polar surface area (TPSA) is 56.7 Å². The molecule has 0 saturated carbocycles. The molecule has 5 aromatic rings. The van der Waals surface area contributed by atoms with Gasteiger partial charge in [-0.05, 0) is 42.5 Å². The highest BCUT2D eigenvalue weighted by Crippen LogP contribution is 2.38. The number of hydrogen-bond acceptors (Lipinski definition) is 5. The quantitative estimate of drug-likeness (QED) is 0.261. The number of fused-ring (bicyclic) bond motifs is 1. The second-order valence-electron chi connectivity index (χ2n) is 8.52. The number of halogens is 1. The molecule has 1 fully saturated rings. The number of benzene rings is 2. The molecule has 0 N–H and O–H groups in total. The van der Waals surface area contributed by atoms with E-state index in [1.807, 2.05) is 52.8 Å². The van der Waals surface area contributed by atoms with E-state index in [0.717, 1.165) is 57.2 Å². The van der Waals surface area contributed by atoms with Gasteiger partial charge in [0.2, 0.25) is 5.71 Å². The number of aromatic nitrogens is 4. The molecule has 0 bridgehead atoms. The summed E-state index contributed by atoms with van der Waals surface area (Å²) in [5.41, 5.74) is 4.80. The molecular weight excluding hydrogens is 459 g/mol. The Bertz CT molecular complexity index is 1410. The lowest BCUT2D eigenvalue weighted by atomic mass is 10.0. The Morgan fingerprint density at radius 2 is 1.77 bits per heavy atom. The van der Waals surface area contributed by atoms with E-state index in [1.54, 1.807) is 12.1 Å². The summed E-state index contributed by atoms with van der Waals surface area (Å²) in [5.74, 6) is 2.64. The van der Waals surface area contributed by atoms with Crippen LogP contribution in [-0.2, 0) is 0 Å². The van der Waals surface area contributed by atoms with E-state index in [0.29, 0.717) is 11.8 Å². The summed E-state index contributed by atoms with van der Waals surface area (Å²) >= 11 is 1.94. The first-order valence-electron chi connectivity index (χ1n) is 11.9. The van der Waals surface area contributed by atoms with Gasteiger partial charge in [0.1, 0.15) is 23.6 Å². The van der Waals surface area contributed by atoms with Gasteiger partial charge in [0, 0.05) is 28.6 Å². The van der Waals surface area contributed by atoms with Gasteiger partial charge >= 0.3 is 0 Å². The van der Waals surface area contributed by atoms with Crippen LogP contribution in [0.4, 0.5) is 4.39 Å². The molecule has 6 rings (SSSR count). The molecule has 35 heavy (non-hydrogen) atoms. The van der Waals surface area contributed by atoms with Crippen molar-refractivity contribution in [2.24, 2.45) is 0 Å². The van der Waals surface area contributed by atoms with E-state index in [9.17, 15) is 4.39 Å². The van der Waals surface area contributed by atoms with Gasteiger partial charge in [0.15, 0.2) is 0 Å². The average Bonchev–Trinajstić information content (AvgIpc) is 3.65. The van der Waals surface area contributed by atoms with Crippen LogP contribution in [0.25, 0.3) is 44.9 Å². The molecule has 1 unspecified atom stereocenters. The second kappa shape index (κ2) is 10.4. The van der Waals surface area contributed by atoms with Crippen molar-refractivity contribution in [2.45, 2.75) is 32.7 Å². The molecule has 1 aliphatic rings. The van der Waals surface area contributed by atoms with Crippen LogP contribution in [0.2, 0.25) is 0 Å². The van der Waals surface area contributed by atoms with E-state index < -0.39 is 0 Å². The Balaban J connectivity index is 0.000000806. The van der Waals surface area contributed by atoms with E-state index in [1.165, 1.54) is 24.9 Å². The van der Waals surface area contributed by atoms with Crippen LogP contribution in [0, 0.1) is 5.82 Å². The Kier molecular flexibility index (Phi) is 6.95. The van der Waals surface area contributed by atoms with Gasteiger partial charge in [0.25, 0.3) is 0 Å². The van der Waals surface area contributed by atoms with Crippen molar-refractivity contribution in [2.75, 3.05) is 11.5 Å². The summed E-state index contributed by atoms with van der Waals surface area (Å²) < 4.78 is 21.7. The maximum Gasteiger partial charge on any atom is 0.230 e. The van der Waals surface area contributed by atoms with Gasteiger partial charge in [-0.3, -0.25) is 4.68 Å². The van der Waals surface area contributed by atoms with Crippen LogP contribution >= 0.6 is 11.8 Å².